The van der Waals surface area contributed by atoms with Gasteiger partial charge in [0.05, 0.1) is 5.69 Å². The molecule has 0 spiro atoms. The summed E-state index contributed by atoms with van der Waals surface area (Å²) >= 11 is 0. The van der Waals surface area contributed by atoms with E-state index in [0.717, 1.165) is 5.69 Å². The average Bonchev–Trinajstić information content (AvgIpc) is 2.32. The second kappa shape index (κ2) is 4.49. The van der Waals surface area contributed by atoms with Gasteiger partial charge in [-0.05, 0) is 30.3 Å². The Labute approximate surface area is 93.3 Å². The van der Waals surface area contributed by atoms with Crippen molar-refractivity contribution in [2.24, 2.45) is 4.99 Å². The molecule has 0 aliphatic carbocycles. The molecule has 3 nitrogen and oxygen atoms in total. The van der Waals surface area contributed by atoms with Crippen LogP contribution in [0.2, 0.25) is 0 Å². The van der Waals surface area contributed by atoms with Crippen molar-refractivity contribution in [1.82, 2.24) is 0 Å². The van der Waals surface area contributed by atoms with Gasteiger partial charge in [-0.25, -0.2) is 0 Å². The summed E-state index contributed by atoms with van der Waals surface area (Å²) in [5.41, 5.74) is 1.29. The van der Waals surface area contributed by atoms with Crippen molar-refractivity contribution >= 4 is 11.9 Å². The number of phenolic OH excluding ortho intramolecular Hbond substituents is 2. The van der Waals surface area contributed by atoms with Crippen LogP contribution in [0.5, 0.6) is 11.5 Å². The van der Waals surface area contributed by atoms with Crippen molar-refractivity contribution in [3.63, 3.8) is 0 Å². The molecule has 2 aromatic carbocycles. The fourth-order valence-corrected chi connectivity index (χ4v) is 1.30. The van der Waals surface area contributed by atoms with Gasteiger partial charge in [-0.2, -0.15) is 0 Å². The molecule has 2 aromatic rings. The molecule has 0 amide bonds. The smallest absolute Gasteiger partial charge is 0.124 e. The summed E-state index contributed by atoms with van der Waals surface area (Å²) in [6, 6.07) is 13.7. The molecular formula is C13H11NO2. The minimum absolute atomic E-state index is 0.0949. The zero-order valence-electron chi connectivity index (χ0n) is 8.54. The summed E-state index contributed by atoms with van der Waals surface area (Å²) in [7, 11) is 0. The van der Waals surface area contributed by atoms with E-state index in [0.29, 0.717) is 5.56 Å². The van der Waals surface area contributed by atoms with Gasteiger partial charge in [0.25, 0.3) is 0 Å². The lowest BCUT2D eigenvalue weighted by molar-refractivity contribution is 0.459. The van der Waals surface area contributed by atoms with Gasteiger partial charge in [0.1, 0.15) is 11.5 Å². The lowest BCUT2D eigenvalue weighted by Crippen LogP contribution is -1.81. The van der Waals surface area contributed by atoms with Crippen LogP contribution in [0, 0.1) is 0 Å². The van der Waals surface area contributed by atoms with Gasteiger partial charge in [-0.3, -0.25) is 4.99 Å². The zero-order valence-corrected chi connectivity index (χ0v) is 8.54. The number of aromatic hydroxyl groups is 2. The molecule has 80 valence electrons. The van der Waals surface area contributed by atoms with Gasteiger partial charge in [0.15, 0.2) is 0 Å². The van der Waals surface area contributed by atoms with Crippen molar-refractivity contribution in [2.45, 2.75) is 0 Å². The Hall–Kier alpha value is -2.29. The lowest BCUT2D eigenvalue weighted by atomic mass is 10.2. The summed E-state index contributed by atoms with van der Waals surface area (Å²) in [5, 5.41) is 18.8. The first-order valence-corrected chi connectivity index (χ1v) is 4.87. The van der Waals surface area contributed by atoms with Crippen LogP contribution in [0.15, 0.2) is 53.5 Å². The number of phenols is 2. The third-order valence-electron chi connectivity index (χ3n) is 2.12. The van der Waals surface area contributed by atoms with E-state index >= 15 is 0 Å². The second-order valence-corrected chi connectivity index (χ2v) is 3.34. The molecule has 0 aromatic heterocycles. The fourth-order valence-electron chi connectivity index (χ4n) is 1.30. The minimum Gasteiger partial charge on any atom is -0.508 e. The van der Waals surface area contributed by atoms with Crippen molar-refractivity contribution < 1.29 is 10.2 Å². The Morgan fingerprint density at radius 3 is 2.44 bits per heavy atom. The van der Waals surface area contributed by atoms with Gasteiger partial charge in [0, 0.05) is 11.8 Å². The first-order valence-electron chi connectivity index (χ1n) is 4.87. The van der Waals surface area contributed by atoms with Crippen LogP contribution in [0.3, 0.4) is 0 Å². The van der Waals surface area contributed by atoms with E-state index in [1.54, 1.807) is 0 Å². The molecule has 0 fully saturated rings. The van der Waals surface area contributed by atoms with Crippen molar-refractivity contribution in [2.75, 3.05) is 0 Å². The third-order valence-corrected chi connectivity index (χ3v) is 2.12. The van der Waals surface area contributed by atoms with Crippen molar-refractivity contribution in [1.29, 1.82) is 0 Å². The predicted molar refractivity (Wildman–Crippen MR) is 63.5 cm³/mol. The van der Waals surface area contributed by atoms with Crippen LogP contribution in [-0.2, 0) is 0 Å². The zero-order chi connectivity index (χ0) is 11.4. The lowest BCUT2D eigenvalue weighted by Gasteiger charge is -1.99. The van der Waals surface area contributed by atoms with E-state index in [1.807, 2.05) is 30.3 Å². The first kappa shape index (κ1) is 10.2. The Balaban J connectivity index is 2.27. The standard InChI is InChI=1S/C13H11NO2/c15-12-6-7-13(16)10(8-12)9-14-11-4-2-1-3-5-11/h1-9,15-16H. The topological polar surface area (TPSA) is 52.8 Å². The molecule has 0 saturated heterocycles. The van der Waals surface area contributed by atoms with E-state index in [1.165, 1.54) is 24.4 Å². The number of hydrogen-bond donors (Lipinski definition) is 2. The number of para-hydroxylation sites is 1. The number of benzene rings is 2. The summed E-state index contributed by atoms with van der Waals surface area (Å²) in [6.45, 7) is 0. The Morgan fingerprint density at radius 2 is 1.69 bits per heavy atom. The van der Waals surface area contributed by atoms with Gasteiger partial charge >= 0.3 is 0 Å². The maximum Gasteiger partial charge on any atom is 0.124 e. The maximum atomic E-state index is 9.51. The van der Waals surface area contributed by atoms with E-state index < -0.39 is 0 Å². The first-order chi connectivity index (χ1) is 7.75. The van der Waals surface area contributed by atoms with Gasteiger partial charge in [-0.15, -0.1) is 0 Å². The van der Waals surface area contributed by atoms with Crippen LogP contribution in [-0.4, -0.2) is 16.4 Å². The van der Waals surface area contributed by atoms with Crippen molar-refractivity contribution in [3.8, 4) is 11.5 Å². The summed E-state index contributed by atoms with van der Waals surface area (Å²) < 4.78 is 0. The van der Waals surface area contributed by atoms with Gasteiger partial charge in [-0.1, -0.05) is 18.2 Å². The highest BCUT2D eigenvalue weighted by atomic mass is 16.3. The molecule has 3 heteroatoms. The molecule has 0 atom stereocenters. The molecule has 0 heterocycles. The number of aliphatic imine (C=N–C) groups is 1. The summed E-state index contributed by atoms with van der Waals surface area (Å²) in [6.07, 6.45) is 1.52. The minimum atomic E-state index is 0.0949. The summed E-state index contributed by atoms with van der Waals surface area (Å²) in [5.74, 6) is 0.199. The highest BCUT2D eigenvalue weighted by molar-refractivity contribution is 5.85. The molecule has 2 N–H and O–H groups in total. The molecule has 16 heavy (non-hydrogen) atoms. The van der Waals surface area contributed by atoms with Gasteiger partial charge < -0.3 is 10.2 Å². The van der Waals surface area contributed by atoms with Gasteiger partial charge in [0.2, 0.25) is 0 Å². The molecule has 0 aliphatic heterocycles. The largest absolute Gasteiger partial charge is 0.508 e. The van der Waals surface area contributed by atoms with Crippen LogP contribution in [0.25, 0.3) is 0 Å². The molecule has 0 saturated carbocycles. The Kier molecular flexibility index (Phi) is 2.87. The molecule has 0 unspecified atom stereocenters. The van der Waals surface area contributed by atoms with E-state index in [9.17, 15) is 10.2 Å². The van der Waals surface area contributed by atoms with Crippen LogP contribution < -0.4 is 0 Å². The van der Waals surface area contributed by atoms with E-state index in [-0.39, 0.29) is 11.5 Å². The SMILES string of the molecule is Oc1ccc(O)c(C=Nc2ccccc2)c1. The highest BCUT2D eigenvalue weighted by Gasteiger charge is 1.98. The van der Waals surface area contributed by atoms with E-state index in [4.69, 9.17) is 0 Å². The third kappa shape index (κ3) is 2.39. The van der Waals surface area contributed by atoms with E-state index in [2.05, 4.69) is 4.99 Å². The molecule has 2 rings (SSSR count). The number of nitrogens with zero attached hydrogens (tertiary/aromatic N) is 1. The molecule has 0 bridgehead atoms. The fraction of sp³-hybridized carbons (Fsp3) is 0. The average molecular weight is 213 g/mol. The molecular weight excluding hydrogens is 202 g/mol. The quantitative estimate of drug-likeness (QED) is 0.595. The predicted octanol–water partition coefficient (Wildman–Crippen LogP) is 2.85. The molecule has 0 radical (unpaired) electrons. The van der Waals surface area contributed by atoms with Crippen LogP contribution in [0.4, 0.5) is 5.69 Å². The van der Waals surface area contributed by atoms with Crippen LogP contribution in [0.1, 0.15) is 5.56 Å². The number of rotatable bonds is 2. The Bertz CT molecular complexity index is 507. The second-order valence-electron chi connectivity index (χ2n) is 3.34. The maximum absolute atomic E-state index is 9.51. The monoisotopic (exact) mass is 213 g/mol. The van der Waals surface area contributed by atoms with Crippen LogP contribution >= 0.6 is 0 Å². The molecule has 0 aliphatic rings. The Morgan fingerprint density at radius 1 is 0.938 bits per heavy atom. The highest BCUT2D eigenvalue weighted by Crippen LogP contribution is 2.21. The summed E-state index contributed by atoms with van der Waals surface area (Å²) in [4.78, 5) is 4.18. The van der Waals surface area contributed by atoms with Crippen molar-refractivity contribution in [3.05, 3.63) is 54.1 Å². The normalized spacial score (nSPS) is 10.8. The number of hydrogen-bond acceptors (Lipinski definition) is 3.